The van der Waals surface area contributed by atoms with Gasteiger partial charge in [-0.25, -0.2) is 0 Å². The number of anilines is 3. The fourth-order valence-corrected chi connectivity index (χ4v) is 10.2. The lowest BCUT2D eigenvalue weighted by Gasteiger charge is -2.27. The Bertz CT molecular complexity index is 3130. The Kier molecular flexibility index (Phi) is 6.63. The molecule has 0 radical (unpaired) electrons. The third-order valence-electron chi connectivity index (χ3n) is 10.3. The van der Waals surface area contributed by atoms with Crippen molar-refractivity contribution >= 4 is 102 Å². The first-order chi connectivity index (χ1) is 25.8. The number of furan rings is 1. The number of thiophene rings is 2. The van der Waals surface area contributed by atoms with Crippen LogP contribution in [0.2, 0.25) is 0 Å². The summed E-state index contributed by atoms with van der Waals surface area (Å²) in [4.78, 5) is 2.47. The van der Waals surface area contributed by atoms with Crippen molar-refractivity contribution in [3.8, 4) is 22.3 Å². The van der Waals surface area contributed by atoms with Gasteiger partial charge in [0.05, 0.1) is 21.5 Å². The highest BCUT2D eigenvalue weighted by Crippen LogP contribution is 2.50. The molecule has 3 heterocycles. The maximum Gasteiger partial charge on any atom is 0.145 e. The molecule has 0 N–H and O–H groups in total. The van der Waals surface area contributed by atoms with E-state index >= 15 is 0 Å². The molecular weight excluding hydrogens is 671 g/mol. The van der Waals surface area contributed by atoms with Crippen molar-refractivity contribution in [1.29, 1.82) is 0 Å². The molecule has 0 bridgehead atoms. The van der Waals surface area contributed by atoms with Gasteiger partial charge in [0.25, 0.3) is 0 Å². The Morgan fingerprint density at radius 3 is 1.98 bits per heavy atom. The van der Waals surface area contributed by atoms with Crippen LogP contribution in [0.3, 0.4) is 0 Å². The van der Waals surface area contributed by atoms with Crippen molar-refractivity contribution in [3.63, 3.8) is 0 Å². The second kappa shape index (κ2) is 11.7. The number of hydrogen-bond acceptors (Lipinski definition) is 4. The fraction of sp³-hybridized carbons (Fsp3) is 0. The Hall–Kier alpha value is -6.20. The normalized spacial score (nSPS) is 11.8. The number of fused-ring (bicyclic) bond motifs is 9. The Labute approximate surface area is 308 Å². The van der Waals surface area contributed by atoms with Crippen LogP contribution in [0.5, 0.6) is 0 Å². The van der Waals surface area contributed by atoms with Gasteiger partial charge >= 0.3 is 0 Å². The minimum absolute atomic E-state index is 0.885. The van der Waals surface area contributed by atoms with Crippen LogP contribution >= 0.6 is 22.7 Å². The molecule has 0 amide bonds. The average molecular weight is 700 g/mol. The third kappa shape index (κ3) is 4.55. The predicted molar refractivity (Wildman–Crippen MR) is 225 cm³/mol. The number of hydrogen-bond donors (Lipinski definition) is 0. The molecule has 11 rings (SSSR count). The monoisotopic (exact) mass is 699 g/mol. The number of benzene rings is 8. The predicted octanol–water partition coefficient (Wildman–Crippen LogP) is 15.1. The first kappa shape index (κ1) is 29.5. The van der Waals surface area contributed by atoms with E-state index < -0.39 is 0 Å². The highest BCUT2D eigenvalue weighted by molar-refractivity contribution is 7.26. The lowest BCUT2D eigenvalue weighted by atomic mass is 9.99. The van der Waals surface area contributed by atoms with Crippen LogP contribution in [0.25, 0.3) is 84.5 Å². The molecule has 8 aromatic carbocycles. The van der Waals surface area contributed by atoms with Crippen molar-refractivity contribution in [2.24, 2.45) is 0 Å². The second-order valence-electron chi connectivity index (χ2n) is 13.2. The summed E-state index contributed by atoms with van der Waals surface area (Å²) in [5.74, 6) is 0. The van der Waals surface area contributed by atoms with Crippen LogP contribution in [0, 0.1) is 0 Å². The van der Waals surface area contributed by atoms with Gasteiger partial charge in [0.2, 0.25) is 0 Å². The molecule has 11 aromatic rings. The van der Waals surface area contributed by atoms with Gasteiger partial charge in [0.1, 0.15) is 11.2 Å². The van der Waals surface area contributed by atoms with Crippen LogP contribution in [0.15, 0.2) is 180 Å². The van der Waals surface area contributed by atoms with Gasteiger partial charge in [-0.1, -0.05) is 121 Å². The summed E-state index contributed by atoms with van der Waals surface area (Å²) in [6.45, 7) is 0. The van der Waals surface area contributed by atoms with E-state index in [1.54, 1.807) is 0 Å². The lowest BCUT2D eigenvalue weighted by molar-refractivity contribution is 0.670. The number of nitrogens with zero attached hydrogens (tertiary/aromatic N) is 1. The van der Waals surface area contributed by atoms with Crippen LogP contribution in [-0.2, 0) is 0 Å². The fourth-order valence-electron chi connectivity index (χ4n) is 7.87. The minimum atomic E-state index is 0.885. The van der Waals surface area contributed by atoms with Crippen molar-refractivity contribution < 1.29 is 4.42 Å². The zero-order valence-corrected chi connectivity index (χ0v) is 29.5. The van der Waals surface area contributed by atoms with Gasteiger partial charge in [-0.15, -0.1) is 22.7 Å². The molecule has 0 saturated carbocycles. The lowest BCUT2D eigenvalue weighted by Crippen LogP contribution is -2.10. The SMILES string of the molecule is c1ccc(-c2ccc3c(c2)sc2ccc(N(c4cccc5c4sc4ccccc45)c4ccc(-c5ccccc5)c5oc6ccccc6c45)cc23)cc1. The van der Waals surface area contributed by atoms with E-state index in [2.05, 4.69) is 181 Å². The molecule has 0 aliphatic heterocycles. The van der Waals surface area contributed by atoms with Crippen molar-refractivity contribution in [3.05, 3.63) is 176 Å². The van der Waals surface area contributed by atoms with Gasteiger partial charge in [-0.05, 0) is 71.3 Å². The number of para-hydroxylation sites is 1. The second-order valence-corrected chi connectivity index (χ2v) is 15.4. The Balaban J connectivity index is 1.20. The van der Waals surface area contributed by atoms with E-state index in [9.17, 15) is 0 Å². The van der Waals surface area contributed by atoms with Crippen molar-refractivity contribution in [2.45, 2.75) is 0 Å². The quantitative estimate of drug-likeness (QED) is 0.178. The van der Waals surface area contributed by atoms with E-state index in [1.165, 1.54) is 51.5 Å². The largest absolute Gasteiger partial charge is 0.455 e. The zero-order valence-electron chi connectivity index (χ0n) is 27.9. The van der Waals surface area contributed by atoms with Crippen molar-refractivity contribution in [2.75, 3.05) is 4.90 Å². The smallest absolute Gasteiger partial charge is 0.145 e. The van der Waals surface area contributed by atoms with Gasteiger partial charge < -0.3 is 9.32 Å². The van der Waals surface area contributed by atoms with E-state index in [0.29, 0.717) is 0 Å². The van der Waals surface area contributed by atoms with E-state index in [1.807, 2.05) is 22.7 Å². The third-order valence-corrected chi connectivity index (χ3v) is 12.6. The molecule has 3 aromatic heterocycles. The molecule has 0 aliphatic rings. The summed E-state index contributed by atoms with van der Waals surface area (Å²) in [5, 5.41) is 7.32. The summed E-state index contributed by atoms with van der Waals surface area (Å²) < 4.78 is 11.9. The van der Waals surface area contributed by atoms with Crippen LogP contribution < -0.4 is 4.90 Å². The highest BCUT2D eigenvalue weighted by atomic mass is 32.1. The summed E-state index contributed by atoms with van der Waals surface area (Å²) in [6, 6.07) is 63.6. The molecule has 244 valence electrons. The Morgan fingerprint density at radius 1 is 0.404 bits per heavy atom. The molecule has 52 heavy (non-hydrogen) atoms. The number of rotatable bonds is 5. The zero-order chi connectivity index (χ0) is 34.2. The summed E-state index contributed by atoms with van der Waals surface area (Å²) in [5.41, 5.74) is 9.85. The average Bonchev–Trinajstić information content (AvgIpc) is 3.90. The molecular formula is C48H29NOS2. The van der Waals surface area contributed by atoms with Crippen LogP contribution in [0.4, 0.5) is 17.1 Å². The van der Waals surface area contributed by atoms with Crippen LogP contribution in [-0.4, -0.2) is 0 Å². The van der Waals surface area contributed by atoms with Gasteiger partial charge in [0.15, 0.2) is 0 Å². The van der Waals surface area contributed by atoms with Gasteiger partial charge in [-0.2, -0.15) is 0 Å². The molecule has 0 fully saturated rings. The molecule has 0 saturated heterocycles. The van der Waals surface area contributed by atoms with E-state index in [0.717, 1.165) is 50.1 Å². The standard InChI is InChI=1S/C48H29NOS2/c1-3-12-30(13-4-1)32-22-24-36-39-29-33(23-27-44(39)51-45(36)28-32)49(41-19-11-18-37-35-16-8-10-21-43(35)52-48(37)41)40-26-25-34(31-14-5-2-6-15-31)47-46(40)38-17-7-9-20-42(38)50-47/h1-29H. The topological polar surface area (TPSA) is 16.4 Å². The summed E-state index contributed by atoms with van der Waals surface area (Å²) >= 11 is 3.72. The van der Waals surface area contributed by atoms with Gasteiger partial charge in [0, 0.05) is 52.3 Å². The summed E-state index contributed by atoms with van der Waals surface area (Å²) in [6.07, 6.45) is 0. The van der Waals surface area contributed by atoms with Crippen molar-refractivity contribution in [1.82, 2.24) is 0 Å². The Morgan fingerprint density at radius 2 is 1.12 bits per heavy atom. The first-order valence-electron chi connectivity index (χ1n) is 17.5. The van der Waals surface area contributed by atoms with E-state index in [-0.39, 0.29) is 0 Å². The highest BCUT2D eigenvalue weighted by Gasteiger charge is 2.25. The first-order valence-corrected chi connectivity index (χ1v) is 19.1. The van der Waals surface area contributed by atoms with Crippen LogP contribution in [0.1, 0.15) is 0 Å². The molecule has 2 nitrogen and oxygen atoms in total. The molecule has 0 unspecified atom stereocenters. The molecule has 0 atom stereocenters. The molecule has 4 heteroatoms. The summed E-state index contributed by atoms with van der Waals surface area (Å²) in [7, 11) is 0. The molecule has 0 spiro atoms. The molecule has 0 aliphatic carbocycles. The minimum Gasteiger partial charge on any atom is -0.455 e. The maximum absolute atomic E-state index is 6.78. The van der Waals surface area contributed by atoms with Gasteiger partial charge in [-0.3, -0.25) is 0 Å². The van der Waals surface area contributed by atoms with E-state index in [4.69, 9.17) is 4.42 Å². The maximum atomic E-state index is 6.78.